The molecule has 0 heterocycles. The molecule has 1 amide bonds. The molecule has 0 aliphatic rings. The monoisotopic (exact) mass is 252 g/mol. The van der Waals surface area contributed by atoms with Crippen molar-refractivity contribution >= 4 is 11.6 Å². The average molecular weight is 252 g/mol. The van der Waals surface area contributed by atoms with E-state index in [9.17, 15) is 9.90 Å². The molecule has 0 radical (unpaired) electrons. The fourth-order valence-electron chi connectivity index (χ4n) is 1.38. The summed E-state index contributed by atoms with van der Waals surface area (Å²) in [7, 11) is 0. The zero-order valence-corrected chi connectivity index (χ0v) is 10.7. The van der Waals surface area contributed by atoms with Gasteiger partial charge in [0.15, 0.2) is 0 Å². The summed E-state index contributed by atoms with van der Waals surface area (Å²) in [5.41, 5.74) is 6.37. The van der Waals surface area contributed by atoms with Crippen molar-refractivity contribution in [3.05, 3.63) is 29.8 Å². The predicted octanol–water partition coefficient (Wildman–Crippen LogP) is 0.983. The van der Waals surface area contributed by atoms with Gasteiger partial charge < -0.3 is 20.9 Å². The van der Waals surface area contributed by atoms with Crippen molar-refractivity contribution in [3.8, 4) is 0 Å². The highest BCUT2D eigenvalue weighted by Gasteiger charge is 2.06. The number of hydrogen-bond acceptors (Lipinski definition) is 4. The molecule has 0 bridgehead atoms. The summed E-state index contributed by atoms with van der Waals surface area (Å²) in [5, 5.41) is 12.7. The van der Waals surface area contributed by atoms with Crippen molar-refractivity contribution in [2.24, 2.45) is 5.73 Å². The number of aliphatic hydroxyl groups is 1. The molecule has 18 heavy (non-hydrogen) atoms. The van der Waals surface area contributed by atoms with E-state index in [4.69, 9.17) is 10.5 Å². The van der Waals surface area contributed by atoms with Crippen LogP contribution in [0.25, 0.3) is 0 Å². The van der Waals surface area contributed by atoms with Crippen LogP contribution in [0.1, 0.15) is 24.2 Å². The summed E-state index contributed by atoms with van der Waals surface area (Å²) in [6.07, 6.45) is -0.498. The van der Waals surface area contributed by atoms with Crippen LogP contribution in [0.5, 0.6) is 0 Å². The van der Waals surface area contributed by atoms with Gasteiger partial charge in [0.2, 0.25) is 5.91 Å². The topological polar surface area (TPSA) is 84.6 Å². The summed E-state index contributed by atoms with van der Waals surface area (Å²) in [4.78, 5) is 11.0. The number of nitrogens with one attached hydrogen (secondary N) is 1. The highest BCUT2D eigenvalue weighted by atomic mass is 16.5. The molecular formula is C13H20N2O3. The van der Waals surface area contributed by atoms with Crippen LogP contribution in [-0.4, -0.2) is 36.4 Å². The van der Waals surface area contributed by atoms with Crippen LogP contribution < -0.4 is 11.1 Å². The van der Waals surface area contributed by atoms with Crippen molar-refractivity contribution in [2.45, 2.75) is 26.1 Å². The lowest BCUT2D eigenvalue weighted by Crippen LogP contribution is -2.26. The van der Waals surface area contributed by atoms with E-state index in [1.807, 2.05) is 19.9 Å². The molecule has 5 nitrogen and oxygen atoms in total. The molecule has 100 valence electrons. The van der Waals surface area contributed by atoms with Crippen LogP contribution in [0.15, 0.2) is 24.3 Å². The lowest BCUT2D eigenvalue weighted by molar-refractivity contribution is 0.0112. The van der Waals surface area contributed by atoms with E-state index >= 15 is 0 Å². The molecule has 1 aromatic rings. The van der Waals surface area contributed by atoms with E-state index in [1.165, 1.54) is 0 Å². The third kappa shape index (κ3) is 5.16. The van der Waals surface area contributed by atoms with Gasteiger partial charge in [-0.1, -0.05) is 6.07 Å². The summed E-state index contributed by atoms with van der Waals surface area (Å²) >= 11 is 0. The highest BCUT2D eigenvalue weighted by Crippen LogP contribution is 2.10. The number of anilines is 1. The Bertz CT molecular complexity index is 394. The molecule has 1 rings (SSSR count). The van der Waals surface area contributed by atoms with Gasteiger partial charge in [0.1, 0.15) is 0 Å². The minimum absolute atomic E-state index is 0.0952. The number of ether oxygens (including phenoxy) is 1. The maximum absolute atomic E-state index is 11.0. The van der Waals surface area contributed by atoms with E-state index in [1.54, 1.807) is 18.2 Å². The van der Waals surface area contributed by atoms with Crippen LogP contribution in [0.2, 0.25) is 0 Å². The number of nitrogens with two attached hydrogens (primary N) is 1. The van der Waals surface area contributed by atoms with E-state index in [-0.39, 0.29) is 12.7 Å². The third-order valence-electron chi connectivity index (χ3n) is 2.31. The Morgan fingerprint density at radius 2 is 2.22 bits per heavy atom. The molecule has 5 heteroatoms. The van der Waals surface area contributed by atoms with Crippen molar-refractivity contribution in [3.63, 3.8) is 0 Å². The van der Waals surface area contributed by atoms with E-state index in [0.717, 1.165) is 5.69 Å². The predicted molar refractivity (Wildman–Crippen MR) is 70.5 cm³/mol. The van der Waals surface area contributed by atoms with Crippen molar-refractivity contribution < 1.29 is 14.6 Å². The number of primary amides is 1. The highest BCUT2D eigenvalue weighted by molar-refractivity contribution is 5.93. The molecule has 1 atom stereocenters. The lowest BCUT2D eigenvalue weighted by Gasteiger charge is -2.15. The Hall–Kier alpha value is -1.59. The number of aliphatic hydroxyl groups excluding tert-OH is 1. The Morgan fingerprint density at radius 3 is 2.83 bits per heavy atom. The number of rotatable bonds is 7. The quantitative estimate of drug-likeness (QED) is 0.675. The molecule has 0 aliphatic carbocycles. The second-order valence-corrected chi connectivity index (χ2v) is 4.36. The number of carbonyl (C=O) groups excluding carboxylic acids is 1. The molecule has 0 aliphatic heterocycles. The van der Waals surface area contributed by atoms with Gasteiger partial charge in [0.25, 0.3) is 0 Å². The summed E-state index contributed by atoms with van der Waals surface area (Å²) < 4.78 is 5.29. The fourth-order valence-corrected chi connectivity index (χ4v) is 1.38. The Balaban J connectivity index is 2.43. The van der Waals surface area contributed by atoms with Crippen molar-refractivity contribution in [1.82, 2.24) is 0 Å². The Kier molecular flexibility index (Phi) is 5.61. The smallest absolute Gasteiger partial charge is 0.248 e. The van der Waals surface area contributed by atoms with E-state index in [2.05, 4.69) is 5.32 Å². The number of hydrogen-bond donors (Lipinski definition) is 3. The zero-order valence-electron chi connectivity index (χ0n) is 10.7. The molecule has 4 N–H and O–H groups in total. The molecule has 1 unspecified atom stereocenters. The van der Waals surface area contributed by atoms with Gasteiger partial charge >= 0.3 is 0 Å². The summed E-state index contributed by atoms with van der Waals surface area (Å²) in [6, 6.07) is 6.84. The van der Waals surface area contributed by atoms with Gasteiger partial charge in [-0.3, -0.25) is 4.79 Å². The summed E-state index contributed by atoms with van der Waals surface area (Å²) in [6.45, 7) is 4.46. The largest absolute Gasteiger partial charge is 0.389 e. The van der Waals surface area contributed by atoms with E-state index < -0.39 is 12.0 Å². The van der Waals surface area contributed by atoms with Crippen LogP contribution in [-0.2, 0) is 4.74 Å². The standard InChI is InChI=1S/C13H20N2O3/c1-9(2)18-8-12(16)7-15-11-5-3-4-10(6-11)13(14)17/h3-6,9,12,15-16H,7-8H2,1-2H3,(H2,14,17). The van der Waals surface area contributed by atoms with Crippen LogP contribution >= 0.6 is 0 Å². The Labute approximate surface area is 107 Å². The van der Waals surface area contributed by atoms with Gasteiger partial charge in [0.05, 0.1) is 18.8 Å². The molecule has 0 spiro atoms. The maximum atomic E-state index is 11.0. The lowest BCUT2D eigenvalue weighted by atomic mass is 10.2. The normalized spacial score (nSPS) is 12.4. The zero-order chi connectivity index (χ0) is 13.5. The van der Waals surface area contributed by atoms with E-state index in [0.29, 0.717) is 12.1 Å². The number of carbonyl (C=O) groups is 1. The van der Waals surface area contributed by atoms with Crippen molar-refractivity contribution in [1.29, 1.82) is 0 Å². The van der Waals surface area contributed by atoms with Crippen LogP contribution in [0.3, 0.4) is 0 Å². The first-order valence-corrected chi connectivity index (χ1v) is 5.92. The first kappa shape index (κ1) is 14.5. The third-order valence-corrected chi connectivity index (χ3v) is 2.31. The minimum Gasteiger partial charge on any atom is -0.389 e. The fraction of sp³-hybridized carbons (Fsp3) is 0.462. The SMILES string of the molecule is CC(C)OCC(O)CNc1cccc(C(N)=O)c1. The molecule has 1 aromatic carbocycles. The van der Waals surface area contributed by atoms with Gasteiger partial charge in [-0.25, -0.2) is 0 Å². The minimum atomic E-state index is -0.593. The van der Waals surface area contributed by atoms with Gasteiger partial charge in [-0.05, 0) is 32.0 Å². The molecule has 0 aromatic heterocycles. The van der Waals surface area contributed by atoms with Gasteiger partial charge in [0, 0.05) is 17.8 Å². The second-order valence-electron chi connectivity index (χ2n) is 4.36. The average Bonchev–Trinajstić information content (AvgIpc) is 2.34. The number of amides is 1. The number of benzene rings is 1. The molecule has 0 fully saturated rings. The first-order valence-electron chi connectivity index (χ1n) is 5.92. The maximum Gasteiger partial charge on any atom is 0.248 e. The molecular weight excluding hydrogens is 232 g/mol. The van der Waals surface area contributed by atoms with Crippen molar-refractivity contribution in [2.75, 3.05) is 18.5 Å². The van der Waals surface area contributed by atoms with Gasteiger partial charge in [-0.2, -0.15) is 0 Å². The molecule has 0 saturated carbocycles. The van der Waals surface area contributed by atoms with Crippen LogP contribution in [0.4, 0.5) is 5.69 Å². The Morgan fingerprint density at radius 1 is 1.50 bits per heavy atom. The van der Waals surface area contributed by atoms with Crippen LogP contribution in [0, 0.1) is 0 Å². The molecule has 0 saturated heterocycles. The first-order chi connectivity index (χ1) is 8.49. The van der Waals surface area contributed by atoms with Gasteiger partial charge in [-0.15, -0.1) is 0 Å². The second kappa shape index (κ2) is 6.98. The summed E-state index contributed by atoms with van der Waals surface area (Å²) in [5.74, 6) is -0.470.